The highest BCUT2D eigenvalue weighted by Crippen LogP contribution is 2.32. The molecule has 5 rings (SSSR count). The predicted octanol–water partition coefficient (Wildman–Crippen LogP) is 5.78. The second-order valence-electron chi connectivity index (χ2n) is 8.53. The molecule has 0 bridgehead atoms. The van der Waals surface area contributed by atoms with Gasteiger partial charge in [0.15, 0.2) is 0 Å². The van der Waals surface area contributed by atoms with E-state index in [1.807, 2.05) is 61.0 Å². The summed E-state index contributed by atoms with van der Waals surface area (Å²) in [5, 5.41) is 12.6. The Kier molecular flexibility index (Phi) is 5.94. The maximum absolute atomic E-state index is 14.0. The molecule has 1 N–H and O–H groups in total. The zero-order valence-corrected chi connectivity index (χ0v) is 21.1. The third-order valence-corrected chi connectivity index (χ3v) is 8.35. The van der Waals surface area contributed by atoms with Crippen molar-refractivity contribution in [1.29, 1.82) is 0 Å². The van der Waals surface area contributed by atoms with E-state index < -0.39 is 16.0 Å². The summed E-state index contributed by atoms with van der Waals surface area (Å²) >= 11 is 6.19. The van der Waals surface area contributed by atoms with Crippen LogP contribution in [0.2, 0.25) is 5.02 Å². The van der Waals surface area contributed by atoms with E-state index in [1.54, 1.807) is 12.3 Å². The Morgan fingerprint density at radius 2 is 1.75 bits per heavy atom. The van der Waals surface area contributed by atoms with Crippen LogP contribution >= 0.6 is 11.6 Å². The van der Waals surface area contributed by atoms with Crippen LogP contribution in [0.5, 0.6) is 0 Å². The largest absolute Gasteiger partial charge is 0.478 e. The van der Waals surface area contributed by atoms with Crippen LogP contribution in [0.3, 0.4) is 0 Å². The zero-order chi connectivity index (χ0) is 25.6. The number of carboxylic acid groups (broad SMARTS) is 1. The van der Waals surface area contributed by atoms with Gasteiger partial charge in [-0.15, -0.1) is 0 Å². The van der Waals surface area contributed by atoms with Crippen LogP contribution in [0.4, 0.5) is 5.82 Å². The van der Waals surface area contributed by atoms with Crippen molar-refractivity contribution in [1.82, 2.24) is 9.55 Å². The van der Waals surface area contributed by atoms with Gasteiger partial charge in [-0.3, -0.25) is 0 Å². The van der Waals surface area contributed by atoms with Crippen molar-refractivity contribution in [3.05, 3.63) is 101 Å². The Hall–Kier alpha value is -3.88. The molecule has 0 saturated carbocycles. The van der Waals surface area contributed by atoms with E-state index in [1.165, 1.54) is 28.6 Å². The normalized spacial score (nSPS) is 11.8. The molecule has 0 spiro atoms. The van der Waals surface area contributed by atoms with E-state index in [0.717, 1.165) is 32.9 Å². The molecule has 0 saturated heterocycles. The molecular weight excluding hydrogens is 498 g/mol. The van der Waals surface area contributed by atoms with Gasteiger partial charge in [0.2, 0.25) is 0 Å². The van der Waals surface area contributed by atoms with Gasteiger partial charge in [0.1, 0.15) is 5.82 Å². The fourth-order valence-electron chi connectivity index (χ4n) is 4.38. The number of hydrogen-bond acceptors (Lipinski definition) is 4. The number of aromatic carboxylic acids is 1. The average molecular weight is 520 g/mol. The number of halogens is 1. The molecule has 0 aliphatic heterocycles. The van der Waals surface area contributed by atoms with Crippen LogP contribution in [0.15, 0.2) is 83.9 Å². The van der Waals surface area contributed by atoms with Gasteiger partial charge in [-0.1, -0.05) is 41.9 Å². The lowest BCUT2D eigenvalue weighted by atomic mass is 10.1. The Labute approximate surface area is 213 Å². The number of anilines is 1. The van der Waals surface area contributed by atoms with Crippen molar-refractivity contribution in [2.75, 3.05) is 4.31 Å². The van der Waals surface area contributed by atoms with Gasteiger partial charge in [-0.05, 0) is 54.8 Å². The number of aromatic nitrogens is 2. The molecule has 2 aromatic heterocycles. The number of rotatable bonds is 6. The standard InChI is InChI=1S/C27H22ClN3O4S/c1-17-24-6-4-3-5-20(24)15-29-26(17)31(36(34,35)23-11-8-18(9-12-23)27(32)33)16-22-13-19-7-10-21(28)14-25(19)30(22)2/h3-15H,16H2,1-2H3,(H,32,33). The minimum absolute atomic E-state index is 0.00562. The maximum atomic E-state index is 14.0. The first kappa shape index (κ1) is 23.8. The van der Waals surface area contributed by atoms with Gasteiger partial charge < -0.3 is 9.67 Å². The first-order valence-electron chi connectivity index (χ1n) is 11.1. The van der Waals surface area contributed by atoms with Crippen molar-refractivity contribution in [3.8, 4) is 0 Å². The van der Waals surface area contributed by atoms with Crippen molar-refractivity contribution < 1.29 is 18.3 Å². The molecule has 9 heteroatoms. The summed E-state index contributed by atoms with van der Waals surface area (Å²) < 4.78 is 31.2. The summed E-state index contributed by atoms with van der Waals surface area (Å²) in [5.41, 5.74) is 2.35. The molecule has 0 unspecified atom stereocenters. The Morgan fingerprint density at radius 1 is 1.03 bits per heavy atom. The molecule has 0 fully saturated rings. The van der Waals surface area contributed by atoms with E-state index in [0.29, 0.717) is 10.8 Å². The van der Waals surface area contributed by atoms with Crippen molar-refractivity contribution in [3.63, 3.8) is 0 Å². The Bertz CT molecular complexity index is 1750. The van der Waals surface area contributed by atoms with E-state index in [9.17, 15) is 18.3 Å². The monoisotopic (exact) mass is 519 g/mol. The van der Waals surface area contributed by atoms with E-state index in [-0.39, 0.29) is 17.0 Å². The number of carboxylic acids is 1. The lowest BCUT2D eigenvalue weighted by Crippen LogP contribution is -2.32. The second-order valence-corrected chi connectivity index (χ2v) is 10.8. The third-order valence-electron chi connectivity index (χ3n) is 6.36. The molecule has 0 aliphatic rings. The Morgan fingerprint density at radius 3 is 2.47 bits per heavy atom. The number of carbonyl (C=O) groups is 1. The summed E-state index contributed by atoms with van der Waals surface area (Å²) in [6.45, 7) is 1.86. The molecule has 182 valence electrons. The summed E-state index contributed by atoms with van der Waals surface area (Å²) in [4.78, 5) is 15.8. The minimum atomic E-state index is -4.11. The first-order valence-corrected chi connectivity index (χ1v) is 12.9. The van der Waals surface area contributed by atoms with Gasteiger partial charge in [-0.25, -0.2) is 22.5 Å². The quantitative estimate of drug-likeness (QED) is 0.307. The summed E-state index contributed by atoms with van der Waals surface area (Å²) in [6, 6.07) is 20.3. The summed E-state index contributed by atoms with van der Waals surface area (Å²) in [5.74, 6) is -0.823. The molecular formula is C27H22ClN3O4S. The molecule has 0 aliphatic carbocycles. The molecule has 36 heavy (non-hydrogen) atoms. The van der Waals surface area contributed by atoms with Crippen LogP contribution in [0.1, 0.15) is 21.6 Å². The second kappa shape index (κ2) is 8.96. The number of hydrogen-bond donors (Lipinski definition) is 1. The number of sulfonamides is 1. The molecule has 2 heterocycles. The van der Waals surface area contributed by atoms with Gasteiger partial charge in [0.25, 0.3) is 10.0 Å². The van der Waals surface area contributed by atoms with E-state index >= 15 is 0 Å². The SMILES string of the molecule is Cc1c(N(Cc2cc3ccc(Cl)cc3n2C)S(=O)(=O)c2ccc(C(=O)O)cc2)ncc2ccccc12. The molecule has 7 nitrogen and oxygen atoms in total. The average Bonchev–Trinajstić information content (AvgIpc) is 3.17. The highest BCUT2D eigenvalue weighted by molar-refractivity contribution is 7.92. The molecule has 0 amide bonds. The van der Waals surface area contributed by atoms with E-state index in [2.05, 4.69) is 4.98 Å². The topological polar surface area (TPSA) is 92.5 Å². The smallest absolute Gasteiger partial charge is 0.335 e. The minimum Gasteiger partial charge on any atom is -0.478 e. The molecule has 3 aromatic carbocycles. The van der Waals surface area contributed by atoms with Gasteiger partial charge in [0.05, 0.1) is 17.0 Å². The number of benzene rings is 3. The van der Waals surface area contributed by atoms with Crippen molar-refractivity contribution >= 4 is 55.1 Å². The number of nitrogens with zero attached hydrogens (tertiary/aromatic N) is 3. The summed E-state index contributed by atoms with van der Waals surface area (Å²) in [7, 11) is -2.25. The third kappa shape index (κ3) is 4.08. The van der Waals surface area contributed by atoms with Crippen molar-refractivity contribution in [2.45, 2.75) is 18.4 Å². The fraction of sp³-hybridized carbons (Fsp3) is 0.111. The van der Waals surface area contributed by atoms with Crippen LogP contribution in [-0.4, -0.2) is 29.0 Å². The number of fused-ring (bicyclic) bond motifs is 2. The van der Waals surface area contributed by atoms with Gasteiger partial charge in [0, 0.05) is 45.8 Å². The Balaban J connectivity index is 1.69. The first-order chi connectivity index (χ1) is 17.2. The zero-order valence-electron chi connectivity index (χ0n) is 19.5. The fourth-order valence-corrected chi connectivity index (χ4v) is 5.99. The molecule has 0 radical (unpaired) electrons. The summed E-state index contributed by atoms with van der Waals surface area (Å²) in [6.07, 6.45) is 1.66. The number of aryl methyl sites for hydroxylation is 2. The molecule has 0 atom stereocenters. The van der Waals surface area contributed by atoms with E-state index in [4.69, 9.17) is 11.6 Å². The highest BCUT2D eigenvalue weighted by atomic mass is 35.5. The van der Waals surface area contributed by atoms with Gasteiger partial charge in [-0.2, -0.15) is 0 Å². The van der Waals surface area contributed by atoms with Crippen LogP contribution in [0.25, 0.3) is 21.7 Å². The lowest BCUT2D eigenvalue weighted by molar-refractivity contribution is 0.0696. The van der Waals surface area contributed by atoms with Gasteiger partial charge >= 0.3 is 5.97 Å². The highest BCUT2D eigenvalue weighted by Gasteiger charge is 2.29. The van der Waals surface area contributed by atoms with Crippen LogP contribution in [0, 0.1) is 6.92 Å². The van der Waals surface area contributed by atoms with Crippen LogP contribution < -0.4 is 4.31 Å². The van der Waals surface area contributed by atoms with Crippen LogP contribution in [-0.2, 0) is 23.6 Å². The molecule has 5 aromatic rings. The lowest BCUT2D eigenvalue weighted by Gasteiger charge is -2.26. The maximum Gasteiger partial charge on any atom is 0.335 e. The predicted molar refractivity (Wildman–Crippen MR) is 141 cm³/mol. The van der Waals surface area contributed by atoms with Crippen molar-refractivity contribution in [2.24, 2.45) is 7.05 Å². The number of pyridine rings is 1.